The van der Waals surface area contributed by atoms with E-state index >= 15 is 0 Å². The van der Waals surface area contributed by atoms with Crippen LogP contribution in [0.2, 0.25) is 0 Å². The Balaban J connectivity index is 2.01. The van der Waals surface area contributed by atoms with Crippen molar-refractivity contribution in [1.29, 1.82) is 0 Å². The minimum absolute atomic E-state index is 0.0602. The molecule has 1 unspecified atom stereocenters. The second-order valence-electron chi connectivity index (χ2n) is 8.52. The largest absolute Gasteiger partial charge is 0.387 e. The van der Waals surface area contributed by atoms with Crippen LogP contribution in [0.1, 0.15) is 85.5 Å². The molecule has 20 heavy (non-hydrogen) atoms. The Morgan fingerprint density at radius 2 is 1.90 bits per heavy atom. The molecular formula is C18H32O2. The van der Waals surface area contributed by atoms with Gasteiger partial charge in [-0.15, -0.1) is 0 Å². The Kier molecular flexibility index (Phi) is 3.31. The molecular weight excluding hydrogens is 248 g/mol. The molecule has 2 saturated carbocycles. The summed E-state index contributed by atoms with van der Waals surface area (Å²) in [6, 6.07) is 0. The Hall–Kier alpha value is -0.0800. The van der Waals surface area contributed by atoms with E-state index in [0.29, 0.717) is 5.92 Å². The summed E-state index contributed by atoms with van der Waals surface area (Å²) < 4.78 is 6.73. The number of hydrogen-bond donors (Lipinski definition) is 1. The van der Waals surface area contributed by atoms with Crippen LogP contribution in [0, 0.1) is 11.3 Å². The highest BCUT2D eigenvalue weighted by atomic mass is 16.5. The fourth-order valence-electron chi connectivity index (χ4n) is 5.62. The molecule has 1 heterocycles. The first kappa shape index (κ1) is 14.8. The van der Waals surface area contributed by atoms with Gasteiger partial charge in [-0.05, 0) is 70.1 Å². The van der Waals surface area contributed by atoms with Crippen molar-refractivity contribution in [2.45, 2.75) is 102 Å². The van der Waals surface area contributed by atoms with Gasteiger partial charge in [0.1, 0.15) is 5.60 Å². The summed E-state index contributed by atoms with van der Waals surface area (Å²) in [4.78, 5) is 0. The molecule has 3 fully saturated rings. The molecule has 4 atom stereocenters. The van der Waals surface area contributed by atoms with Gasteiger partial charge >= 0.3 is 0 Å². The zero-order chi connectivity index (χ0) is 14.6. The van der Waals surface area contributed by atoms with E-state index in [1.807, 2.05) is 0 Å². The third kappa shape index (κ3) is 1.76. The van der Waals surface area contributed by atoms with Crippen LogP contribution in [0.5, 0.6) is 0 Å². The smallest absolute Gasteiger partial charge is 0.103 e. The van der Waals surface area contributed by atoms with Gasteiger partial charge in [0.2, 0.25) is 0 Å². The number of aliphatic hydroxyl groups is 1. The normalized spacial score (nSPS) is 50.0. The zero-order valence-electron chi connectivity index (χ0n) is 13.8. The molecule has 2 nitrogen and oxygen atoms in total. The van der Waals surface area contributed by atoms with Gasteiger partial charge in [0.15, 0.2) is 0 Å². The van der Waals surface area contributed by atoms with Crippen molar-refractivity contribution in [2.24, 2.45) is 11.3 Å². The Morgan fingerprint density at radius 1 is 1.15 bits per heavy atom. The van der Waals surface area contributed by atoms with Crippen LogP contribution in [-0.2, 0) is 4.74 Å². The summed E-state index contributed by atoms with van der Waals surface area (Å²) in [6.45, 7) is 9.09. The highest BCUT2D eigenvalue weighted by Gasteiger charge is 2.71. The van der Waals surface area contributed by atoms with E-state index in [-0.39, 0.29) is 16.6 Å². The van der Waals surface area contributed by atoms with E-state index in [0.717, 1.165) is 38.5 Å². The van der Waals surface area contributed by atoms with E-state index < -0.39 is 5.60 Å². The number of fused-ring (bicyclic) bond motifs is 1. The first-order chi connectivity index (χ1) is 9.29. The number of rotatable bonds is 3. The van der Waals surface area contributed by atoms with Crippen molar-refractivity contribution in [3.63, 3.8) is 0 Å². The maximum absolute atomic E-state index is 11.5. The summed E-state index contributed by atoms with van der Waals surface area (Å²) in [5.74, 6) is 0.627. The summed E-state index contributed by atoms with van der Waals surface area (Å²) >= 11 is 0. The number of hydrogen-bond acceptors (Lipinski definition) is 2. The van der Waals surface area contributed by atoms with Crippen LogP contribution in [-0.4, -0.2) is 21.9 Å². The SMILES string of the molecule is CCCCC1(O)CCC[C@@]2(C)CC[C@@H]3C[C@]12OC3(C)C. The quantitative estimate of drug-likeness (QED) is 0.828. The minimum Gasteiger partial charge on any atom is -0.387 e. The van der Waals surface area contributed by atoms with Crippen molar-refractivity contribution in [2.75, 3.05) is 0 Å². The van der Waals surface area contributed by atoms with Gasteiger partial charge in [0.05, 0.1) is 11.2 Å². The van der Waals surface area contributed by atoms with E-state index in [4.69, 9.17) is 4.74 Å². The number of ether oxygens (including phenoxy) is 1. The Morgan fingerprint density at radius 3 is 2.60 bits per heavy atom. The van der Waals surface area contributed by atoms with Crippen LogP contribution in [0.4, 0.5) is 0 Å². The molecule has 2 aliphatic carbocycles. The monoisotopic (exact) mass is 280 g/mol. The Bertz CT molecular complexity index is 391. The van der Waals surface area contributed by atoms with Crippen LogP contribution < -0.4 is 0 Å². The van der Waals surface area contributed by atoms with Gasteiger partial charge in [0, 0.05) is 0 Å². The van der Waals surface area contributed by atoms with Crippen molar-refractivity contribution in [3.8, 4) is 0 Å². The lowest BCUT2D eigenvalue weighted by Gasteiger charge is -2.60. The molecule has 0 amide bonds. The minimum atomic E-state index is -0.595. The standard InChI is InChI=1S/C18H32O2/c1-5-6-10-17(19)11-7-9-16(4)12-8-14-13-18(16,17)20-15(14,2)3/h14,19H,5-13H2,1-4H3/t14-,16+,17?,18-/m1/s1. The molecule has 3 rings (SSSR count). The predicted molar refractivity (Wildman–Crippen MR) is 81.7 cm³/mol. The predicted octanol–water partition coefficient (Wildman–Crippen LogP) is 4.45. The molecule has 2 bridgehead atoms. The second kappa shape index (κ2) is 4.46. The molecule has 1 aliphatic heterocycles. The lowest BCUT2D eigenvalue weighted by atomic mass is 9.50. The average molecular weight is 280 g/mol. The first-order valence-electron chi connectivity index (χ1n) is 8.71. The summed E-state index contributed by atoms with van der Waals surface area (Å²) in [5, 5.41) is 11.5. The summed E-state index contributed by atoms with van der Waals surface area (Å²) in [6.07, 6.45) is 10.1. The molecule has 0 aromatic carbocycles. The molecule has 3 aliphatic rings. The fourth-order valence-corrected chi connectivity index (χ4v) is 5.62. The van der Waals surface area contributed by atoms with Crippen LogP contribution in [0.25, 0.3) is 0 Å². The molecule has 116 valence electrons. The zero-order valence-corrected chi connectivity index (χ0v) is 13.8. The molecule has 0 aromatic heterocycles. The summed E-state index contributed by atoms with van der Waals surface area (Å²) in [5.41, 5.74) is -0.754. The van der Waals surface area contributed by atoms with Crippen molar-refractivity contribution < 1.29 is 9.84 Å². The number of unbranched alkanes of at least 4 members (excludes halogenated alkanes) is 1. The first-order valence-corrected chi connectivity index (χ1v) is 8.71. The average Bonchev–Trinajstić information content (AvgIpc) is 2.61. The van der Waals surface area contributed by atoms with Crippen LogP contribution in [0.3, 0.4) is 0 Å². The maximum atomic E-state index is 11.5. The van der Waals surface area contributed by atoms with Crippen molar-refractivity contribution >= 4 is 0 Å². The molecule has 0 radical (unpaired) electrons. The van der Waals surface area contributed by atoms with E-state index in [1.165, 1.54) is 19.3 Å². The van der Waals surface area contributed by atoms with Gasteiger partial charge < -0.3 is 9.84 Å². The molecule has 1 N–H and O–H groups in total. The lowest BCUT2D eigenvalue weighted by molar-refractivity contribution is -0.268. The van der Waals surface area contributed by atoms with Gasteiger partial charge in [-0.2, -0.15) is 0 Å². The van der Waals surface area contributed by atoms with E-state index in [2.05, 4.69) is 27.7 Å². The topological polar surface area (TPSA) is 29.5 Å². The highest BCUT2D eigenvalue weighted by Crippen LogP contribution is 2.67. The third-order valence-corrected chi connectivity index (χ3v) is 6.99. The second-order valence-corrected chi connectivity index (χ2v) is 8.52. The fraction of sp³-hybridized carbons (Fsp3) is 1.00. The highest BCUT2D eigenvalue weighted by molar-refractivity contribution is 5.20. The van der Waals surface area contributed by atoms with E-state index in [9.17, 15) is 5.11 Å². The van der Waals surface area contributed by atoms with Crippen LogP contribution >= 0.6 is 0 Å². The van der Waals surface area contributed by atoms with Crippen LogP contribution in [0.15, 0.2) is 0 Å². The summed E-state index contributed by atoms with van der Waals surface area (Å²) in [7, 11) is 0. The lowest BCUT2D eigenvalue weighted by Crippen LogP contribution is -2.66. The van der Waals surface area contributed by atoms with Gasteiger partial charge in [-0.1, -0.05) is 26.7 Å². The van der Waals surface area contributed by atoms with Gasteiger partial charge in [-0.25, -0.2) is 0 Å². The molecule has 0 aromatic rings. The Labute approximate surface area is 124 Å². The molecule has 1 spiro atoms. The third-order valence-electron chi connectivity index (χ3n) is 6.99. The van der Waals surface area contributed by atoms with Crippen molar-refractivity contribution in [3.05, 3.63) is 0 Å². The molecule has 1 saturated heterocycles. The van der Waals surface area contributed by atoms with Crippen molar-refractivity contribution in [1.82, 2.24) is 0 Å². The maximum Gasteiger partial charge on any atom is 0.103 e. The van der Waals surface area contributed by atoms with Gasteiger partial charge in [-0.3, -0.25) is 0 Å². The van der Waals surface area contributed by atoms with Gasteiger partial charge in [0.25, 0.3) is 0 Å². The molecule has 2 heteroatoms. The van der Waals surface area contributed by atoms with E-state index in [1.54, 1.807) is 0 Å².